The highest BCUT2D eigenvalue weighted by atomic mass is 35.5. The summed E-state index contributed by atoms with van der Waals surface area (Å²) in [5.41, 5.74) is 0.443. The van der Waals surface area contributed by atoms with Crippen LogP contribution in [0.4, 0.5) is 5.69 Å². The normalized spacial score (nSPS) is 19.1. The van der Waals surface area contributed by atoms with Crippen molar-refractivity contribution in [1.29, 1.82) is 0 Å². The van der Waals surface area contributed by atoms with Gasteiger partial charge in [-0.25, -0.2) is 0 Å². The molecule has 0 bridgehead atoms. The Balaban J connectivity index is 1.97. The molecular formula is C13H15Cl2N3O2. The van der Waals surface area contributed by atoms with E-state index in [0.717, 1.165) is 6.42 Å². The Morgan fingerprint density at radius 2 is 2.15 bits per heavy atom. The molecule has 20 heavy (non-hydrogen) atoms. The lowest BCUT2D eigenvalue weighted by atomic mass is 10.2. The lowest BCUT2D eigenvalue weighted by Gasteiger charge is -2.14. The van der Waals surface area contributed by atoms with Gasteiger partial charge in [-0.1, -0.05) is 23.2 Å². The molecule has 0 radical (unpaired) electrons. The van der Waals surface area contributed by atoms with E-state index in [2.05, 4.69) is 16.0 Å². The van der Waals surface area contributed by atoms with Gasteiger partial charge in [-0.2, -0.15) is 0 Å². The minimum atomic E-state index is -0.518. The van der Waals surface area contributed by atoms with E-state index in [-0.39, 0.29) is 18.2 Å². The van der Waals surface area contributed by atoms with Crippen LogP contribution in [0.15, 0.2) is 18.2 Å². The van der Waals surface area contributed by atoms with Crippen LogP contribution in [-0.4, -0.2) is 30.9 Å². The monoisotopic (exact) mass is 315 g/mol. The first-order chi connectivity index (χ1) is 9.56. The van der Waals surface area contributed by atoms with Gasteiger partial charge in [0.25, 0.3) is 0 Å². The molecule has 1 atom stereocenters. The zero-order chi connectivity index (χ0) is 14.5. The number of carbonyl (C=O) groups is 2. The van der Waals surface area contributed by atoms with Crippen molar-refractivity contribution in [3.05, 3.63) is 28.2 Å². The van der Waals surface area contributed by atoms with Gasteiger partial charge in [0.05, 0.1) is 23.2 Å². The molecule has 0 unspecified atom stereocenters. The zero-order valence-corrected chi connectivity index (χ0v) is 12.2. The highest BCUT2D eigenvalue weighted by Gasteiger charge is 2.23. The molecule has 0 spiro atoms. The molecule has 1 aromatic rings. The topological polar surface area (TPSA) is 70.2 Å². The van der Waals surface area contributed by atoms with Gasteiger partial charge >= 0.3 is 0 Å². The maximum Gasteiger partial charge on any atom is 0.237 e. The summed E-state index contributed by atoms with van der Waals surface area (Å²) < 4.78 is 0. The Labute approximate surface area is 127 Å². The molecule has 108 valence electrons. The number of amides is 2. The van der Waals surface area contributed by atoms with E-state index < -0.39 is 6.04 Å². The summed E-state index contributed by atoms with van der Waals surface area (Å²) in [5.74, 6) is -0.446. The Morgan fingerprint density at radius 1 is 1.35 bits per heavy atom. The van der Waals surface area contributed by atoms with Crippen LogP contribution in [-0.2, 0) is 9.59 Å². The van der Waals surface area contributed by atoms with Crippen LogP contribution in [0, 0.1) is 0 Å². The Kier molecular flexibility index (Phi) is 5.23. The highest BCUT2D eigenvalue weighted by molar-refractivity contribution is 6.35. The van der Waals surface area contributed by atoms with Crippen LogP contribution in [0.2, 0.25) is 10.0 Å². The standard InChI is InChI=1S/C13H15Cl2N3O2/c14-8-2-3-9(15)10(6-8)18-12(19)7-11-13(20)17-5-1-4-16-11/h2-3,6,11,16H,1,4-5,7H2,(H,17,20)(H,18,19)/t11-/m0/s1. The molecule has 2 rings (SSSR count). The fourth-order valence-corrected chi connectivity index (χ4v) is 2.27. The van der Waals surface area contributed by atoms with Gasteiger partial charge < -0.3 is 16.0 Å². The third-order valence-electron chi connectivity index (χ3n) is 2.95. The van der Waals surface area contributed by atoms with Crippen molar-refractivity contribution in [3.63, 3.8) is 0 Å². The zero-order valence-electron chi connectivity index (χ0n) is 10.7. The van der Waals surface area contributed by atoms with Crippen LogP contribution in [0.25, 0.3) is 0 Å². The van der Waals surface area contributed by atoms with Crippen LogP contribution in [0.1, 0.15) is 12.8 Å². The molecule has 7 heteroatoms. The van der Waals surface area contributed by atoms with E-state index in [0.29, 0.717) is 28.8 Å². The molecule has 1 saturated heterocycles. The number of halogens is 2. The largest absolute Gasteiger partial charge is 0.355 e. The lowest BCUT2D eigenvalue weighted by Crippen LogP contribution is -2.43. The van der Waals surface area contributed by atoms with Gasteiger partial charge in [-0.05, 0) is 31.2 Å². The van der Waals surface area contributed by atoms with Gasteiger partial charge in [0.2, 0.25) is 11.8 Å². The van der Waals surface area contributed by atoms with E-state index in [1.165, 1.54) is 0 Å². The Bertz CT molecular complexity index is 522. The molecule has 1 aliphatic heterocycles. The van der Waals surface area contributed by atoms with E-state index in [4.69, 9.17) is 23.2 Å². The van der Waals surface area contributed by atoms with Crippen LogP contribution in [0.3, 0.4) is 0 Å². The van der Waals surface area contributed by atoms with Gasteiger partial charge in [0, 0.05) is 11.6 Å². The summed E-state index contributed by atoms with van der Waals surface area (Å²) in [6.07, 6.45) is 0.901. The summed E-state index contributed by atoms with van der Waals surface area (Å²) in [6.45, 7) is 1.33. The summed E-state index contributed by atoms with van der Waals surface area (Å²) >= 11 is 11.8. The SMILES string of the molecule is O=C(C[C@@H]1NCCCNC1=O)Nc1cc(Cl)ccc1Cl. The molecule has 1 heterocycles. The first-order valence-corrected chi connectivity index (χ1v) is 7.08. The first kappa shape index (κ1) is 15.1. The van der Waals surface area contributed by atoms with Crippen LogP contribution >= 0.6 is 23.2 Å². The number of hydrogen-bond acceptors (Lipinski definition) is 3. The summed E-state index contributed by atoms with van der Waals surface area (Å²) in [4.78, 5) is 23.7. The Morgan fingerprint density at radius 3 is 2.95 bits per heavy atom. The van der Waals surface area contributed by atoms with Crippen molar-refractivity contribution in [2.24, 2.45) is 0 Å². The molecule has 0 saturated carbocycles. The predicted octanol–water partition coefficient (Wildman–Crippen LogP) is 1.80. The highest BCUT2D eigenvalue weighted by Crippen LogP contribution is 2.25. The number of carbonyl (C=O) groups excluding carboxylic acids is 2. The first-order valence-electron chi connectivity index (χ1n) is 6.32. The van der Waals surface area contributed by atoms with Crippen LogP contribution < -0.4 is 16.0 Å². The van der Waals surface area contributed by atoms with Crippen molar-refractivity contribution in [2.75, 3.05) is 18.4 Å². The molecule has 1 fully saturated rings. The third-order valence-corrected chi connectivity index (χ3v) is 3.52. The van der Waals surface area contributed by atoms with Crippen molar-refractivity contribution in [2.45, 2.75) is 18.9 Å². The second-order valence-electron chi connectivity index (χ2n) is 4.53. The maximum absolute atomic E-state index is 12.0. The summed E-state index contributed by atoms with van der Waals surface area (Å²) in [6, 6.07) is 4.30. The number of nitrogens with one attached hydrogen (secondary N) is 3. The molecule has 1 aromatic carbocycles. The van der Waals surface area contributed by atoms with Crippen LogP contribution in [0.5, 0.6) is 0 Å². The number of anilines is 1. The molecule has 5 nitrogen and oxygen atoms in total. The van der Waals surface area contributed by atoms with Gasteiger partial charge in [0.15, 0.2) is 0 Å². The summed E-state index contributed by atoms with van der Waals surface area (Å²) in [7, 11) is 0. The van der Waals surface area contributed by atoms with Crippen molar-refractivity contribution in [1.82, 2.24) is 10.6 Å². The number of hydrogen-bond donors (Lipinski definition) is 3. The second-order valence-corrected chi connectivity index (χ2v) is 5.37. The average molecular weight is 316 g/mol. The van der Waals surface area contributed by atoms with Crippen molar-refractivity contribution < 1.29 is 9.59 Å². The minimum Gasteiger partial charge on any atom is -0.355 e. The molecule has 2 amide bonds. The quantitative estimate of drug-likeness (QED) is 0.796. The summed E-state index contributed by atoms with van der Waals surface area (Å²) in [5, 5.41) is 9.35. The average Bonchev–Trinajstić information content (AvgIpc) is 2.59. The van der Waals surface area contributed by atoms with Crippen molar-refractivity contribution in [3.8, 4) is 0 Å². The predicted molar refractivity (Wildman–Crippen MR) is 79.1 cm³/mol. The number of rotatable bonds is 3. The fourth-order valence-electron chi connectivity index (χ4n) is 1.94. The maximum atomic E-state index is 12.0. The van der Waals surface area contributed by atoms with E-state index in [9.17, 15) is 9.59 Å². The van der Waals surface area contributed by atoms with Gasteiger partial charge in [-0.3, -0.25) is 9.59 Å². The molecule has 0 aliphatic carbocycles. The molecule has 1 aliphatic rings. The molecule has 3 N–H and O–H groups in total. The second kappa shape index (κ2) is 6.92. The Hall–Kier alpha value is -1.30. The third kappa shape index (κ3) is 4.10. The van der Waals surface area contributed by atoms with E-state index >= 15 is 0 Å². The molecular weight excluding hydrogens is 301 g/mol. The van der Waals surface area contributed by atoms with E-state index in [1.807, 2.05) is 0 Å². The lowest BCUT2D eigenvalue weighted by molar-refractivity contribution is -0.126. The van der Waals surface area contributed by atoms with Crippen molar-refractivity contribution >= 4 is 40.7 Å². The minimum absolute atomic E-state index is 0.0503. The molecule has 0 aromatic heterocycles. The van der Waals surface area contributed by atoms with E-state index in [1.54, 1.807) is 18.2 Å². The van der Waals surface area contributed by atoms with Gasteiger partial charge in [0.1, 0.15) is 0 Å². The van der Waals surface area contributed by atoms with Gasteiger partial charge in [-0.15, -0.1) is 0 Å². The smallest absolute Gasteiger partial charge is 0.237 e. The fraction of sp³-hybridized carbons (Fsp3) is 0.385. The number of benzene rings is 1.